The molecule has 1 aromatic carbocycles. The highest BCUT2D eigenvalue weighted by molar-refractivity contribution is 14.0. The fraction of sp³-hybridized carbons (Fsp3) is 0.333. The minimum Gasteiger partial charge on any atom is -0.357 e. The number of nitrogens with one attached hydrogen (secondary N) is 2. The Hall–Kier alpha value is -1.82. The van der Waals surface area contributed by atoms with Crippen LogP contribution in [0.15, 0.2) is 34.6 Å². The molecule has 0 radical (unpaired) electrons. The zero-order chi connectivity index (χ0) is 19.8. The van der Waals surface area contributed by atoms with E-state index in [0.717, 1.165) is 18.6 Å². The Bertz CT molecular complexity index is 802. The summed E-state index contributed by atoms with van der Waals surface area (Å²) >= 11 is 1.67. The molecule has 0 saturated carbocycles. The van der Waals surface area contributed by atoms with Crippen LogP contribution in [0.2, 0.25) is 0 Å². The second-order valence-corrected chi connectivity index (χ2v) is 6.72. The minimum atomic E-state index is -1.63. The van der Waals surface area contributed by atoms with Gasteiger partial charge in [-0.1, -0.05) is 6.07 Å². The van der Waals surface area contributed by atoms with Crippen LogP contribution in [0.25, 0.3) is 0 Å². The van der Waals surface area contributed by atoms with Crippen LogP contribution in [0.1, 0.15) is 11.8 Å². The number of thiophene rings is 1. The number of carbonyl (C=O) groups excluding carboxylic acids is 1. The maximum Gasteiger partial charge on any atom is 0.246 e. The van der Waals surface area contributed by atoms with Gasteiger partial charge in [0.15, 0.2) is 23.4 Å². The summed E-state index contributed by atoms with van der Waals surface area (Å²) in [4.78, 5) is 19.3. The molecule has 2 N–H and O–H groups in total. The number of rotatable bonds is 7. The van der Waals surface area contributed by atoms with Crippen molar-refractivity contribution in [1.82, 2.24) is 10.2 Å². The number of aliphatic imine (C=N–C) groups is 1. The maximum absolute atomic E-state index is 13.6. The van der Waals surface area contributed by atoms with E-state index in [1.54, 1.807) is 11.3 Å². The molecule has 1 heterocycles. The number of hydrogen-bond acceptors (Lipinski definition) is 3. The molecule has 5 nitrogen and oxygen atoms in total. The Morgan fingerprint density at radius 1 is 1.21 bits per heavy atom. The van der Waals surface area contributed by atoms with Crippen LogP contribution >= 0.6 is 35.3 Å². The number of hydrogen-bond donors (Lipinski definition) is 2. The highest BCUT2D eigenvalue weighted by Crippen LogP contribution is 2.19. The van der Waals surface area contributed by atoms with Gasteiger partial charge in [-0.3, -0.25) is 4.79 Å². The van der Waals surface area contributed by atoms with E-state index in [4.69, 9.17) is 0 Å². The van der Waals surface area contributed by atoms with Gasteiger partial charge in [0.05, 0.1) is 5.69 Å². The van der Waals surface area contributed by atoms with E-state index in [9.17, 15) is 18.0 Å². The Morgan fingerprint density at radius 2 is 1.96 bits per heavy atom. The normalized spacial score (nSPS) is 11.0. The lowest BCUT2D eigenvalue weighted by Gasteiger charge is -2.21. The van der Waals surface area contributed by atoms with Gasteiger partial charge in [0.25, 0.3) is 0 Å². The first kappa shape index (κ1) is 24.2. The topological polar surface area (TPSA) is 56.7 Å². The Labute approximate surface area is 183 Å². The van der Waals surface area contributed by atoms with Crippen LogP contribution in [0.4, 0.5) is 18.9 Å². The van der Waals surface area contributed by atoms with Gasteiger partial charge in [0.2, 0.25) is 5.91 Å². The van der Waals surface area contributed by atoms with Crippen molar-refractivity contribution in [3.8, 4) is 0 Å². The van der Waals surface area contributed by atoms with E-state index >= 15 is 0 Å². The summed E-state index contributed by atoms with van der Waals surface area (Å²) in [6.45, 7) is 2.93. The average molecular weight is 526 g/mol. The van der Waals surface area contributed by atoms with Crippen LogP contribution in [-0.2, 0) is 11.2 Å². The lowest BCUT2D eigenvalue weighted by Crippen LogP contribution is -2.40. The van der Waals surface area contributed by atoms with Crippen LogP contribution < -0.4 is 10.6 Å². The molecule has 2 aromatic rings. The van der Waals surface area contributed by atoms with Crippen molar-refractivity contribution in [3.05, 3.63) is 52.0 Å². The molecule has 0 bridgehead atoms. The molecule has 154 valence electrons. The molecular weight excluding hydrogens is 504 g/mol. The summed E-state index contributed by atoms with van der Waals surface area (Å²) in [5.74, 6) is -4.49. The van der Waals surface area contributed by atoms with E-state index in [-0.39, 0.29) is 30.5 Å². The number of nitrogens with zero attached hydrogens (tertiary/aromatic N) is 2. The van der Waals surface area contributed by atoms with E-state index in [2.05, 4.69) is 15.6 Å². The van der Waals surface area contributed by atoms with Crippen molar-refractivity contribution >= 4 is 52.9 Å². The number of anilines is 1. The predicted octanol–water partition coefficient (Wildman–Crippen LogP) is 3.86. The van der Waals surface area contributed by atoms with Gasteiger partial charge in [0, 0.05) is 25.0 Å². The van der Waals surface area contributed by atoms with Crippen molar-refractivity contribution in [2.45, 2.75) is 13.3 Å². The van der Waals surface area contributed by atoms with E-state index in [0.29, 0.717) is 19.0 Å². The second-order valence-electron chi connectivity index (χ2n) is 5.69. The highest BCUT2D eigenvalue weighted by Gasteiger charge is 2.15. The summed E-state index contributed by atoms with van der Waals surface area (Å²) < 4.78 is 39.8. The predicted molar refractivity (Wildman–Crippen MR) is 117 cm³/mol. The summed E-state index contributed by atoms with van der Waals surface area (Å²) in [6, 6.07) is 5.75. The van der Waals surface area contributed by atoms with Crippen molar-refractivity contribution in [2.24, 2.45) is 4.99 Å². The Morgan fingerprint density at radius 3 is 2.61 bits per heavy atom. The van der Waals surface area contributed by atoms with Crippen LogP contribution in [-0.4, -0.2) is 43.4 Å². The zero-order valence-corrected chi connectivity index (χ0v) is 18.6. The zero-order valence-electron chi connectivity index (χ0n) is 15.5. The number of benzene rings is 1. The molecule has 1 aromatic heterocycles. The largest absolute Gasteiger partial charge is 0.357 e. The third kappa shape index (κ3) is 6.97. The molecule has 2 rings (SSSR count). The van der Waals surface area contributed by atoms with Gasteiger partial charge < -0.3 is 15.5 Å². The van der Waals surface area contributed by atoms with Crippen molar-refractivity contribution in [1.29, 1.82) is 0 Å². The fourth-order valence-electron chi connectivity index (χ4n) is 2.27. The van der Waals surface area contributed by atoms with E-state index < -0.39 is 29.0 Å². The molecule has 1 amide bonds. The van der Waals surface area contributed by atoms with Crippen molar-refractivity contribution < 1.29 is 18.0 Å². The van der Waals surface area contributed by atoms with Crippen LogP contribution in [0.5, 0.6) is 0 Å². The number of guanidine groups is 1. The van der Waals surface area contributed by atoms with Gasteiger partial charge in [-0.25, -0.2) is 18.2 Å². The maximum atomic E-state index is 13.6. The van der Waals surface area contributed by atoms with Gasteiger partial charge in [-0.05, 0) is 36.9 Å². The molecule has 10 heteroatoms. The first-order valence-corrected chi connectivity index (χ1v) is 9.25. The number of carbonyl (C=O) groups is 1. The second kappa shape index (κ2) is 11.9. The van der Waals surface area contributed by atoms with Crippen molar-refractivity contribution in [3.63, 3.8) is 0 Å². The summed E-state index contributed by atoms with van der Waals surface area (Å²) in [7, 11) is 1.85. The number of halogens is 4. The van der Waals surface area contributed by atoms with Gasteiger partial charge in [-0.2, -0.15) is 0 Å². The van der Waals surface area contributed by atoms with E-state index in [1.165, 1.54) is 4.88 Å². The Balaban J connectivity index is 0.00000392. The fourth-order valence-corrected chi connectivity index (χ4v) is 2.97. The molecule has 0 spiro atoms. The summed E-state index contributed by atoms with van der Waals surface area (Å²) in [6.07, 6.45) is 0.838. The minimum absolute atomic E-state index is 0. The smallest absolute Gasteiger partial charge is 0.246 e. The first-order valence-electron chi connectivity index (χ1n) is 8.37. The quantitative estimate of drug-likeness (QED) is 0.250. The molecule has 0 unspecified atom stereocenters. The SMILES string of the molecule is CCNC(=NCC(=O)Nc1ccc(F)c(F)c1F)N(C)CCc1cccs1.I. The molecule has 0 saturated heterocycles. The molecular formula is C18H22F3IN4OS. The van der Waals surface area contributed by atoms with E-state index in [1.807, 2.05) is 36.4 Å². The summed E-state index contributed by atoms with van der Waals surface area (Å²) in [5, 5.41) is 7.28. The Kier molecular flexibility index (Phi) is 10.3. The standard InChI is InChI=1S/C18H21F3N4OS.HI/c1-3-22-18(25(2)9-8-12-5-4-10-27-12)23-11-15(26)24-14-7-6-13(19)16(20)17(14)21;/h4-7,10H,3,8-9,11H2,1-2H3,(H,22,23)(H,24,26);1H. The monoisotopic (exact) mass is 526 g/mol. The first-order chi connectivity index (χ1) is 12.9. The summed E-state index contributed by atoms with van der Waals surface area (Å²) in [5.41, 5.74) is -0.426. The van der Waals surface area contributed by atoms with Gasteiger partial charge in [0.1, 0.15) is 6.54 Å². The molecule has 0 aliphatic rings. The van der Waals surface area contributed by atoms with Crippen LogP contribution in [0, 0.1) is 17.5 Å². The molecule has 28 heavy (non-hydrogen) atoms. The molecule has 0 fully saturated rings. The average Bonchev–Trinajstić information content (AvgIpc) is 3.17. The van der Waals surface area contributed by atoms with Crippen molar-refractivity contribution in [2.75, 3.05) is 32.0 Å². The molecule has 0 aliphatic heterocycles. The molecule has 0 aliphatic carbocycles. The number of amides is 1. The van der Waals surface area contributed by atoms with Crippen LogP contribution in [0.3, 0.4) is 0 Å². The lowest BCUT2D eigenvalue weighted by molar-refractivity contribution is -0.114. The molecule has 0 atom stereocenters. The number of likely N-dealkylation sites (N-methyl/N-ethyl adjacent to an activating group) is 1. The third-order valence-electron chi connectivity index (χ3n) is 3.65. The van der Waals surface area contributed by atoms with Gasteiger partial charge >= 0.3 is 0 Å². The highest BCUT2D eigenvalue weighted by atomic mass is 127. The third-order valence-corrected chi connectivity index (χ3v) is 4.59. The van der Waals surface area contributed by atoms with Gasteiger partial charge in [-0.15, -0.1) is 35.3 Å². The lowest BCUT2D eigenvalue weighted by atomic mass is 10.3.